The predicted octanol–water partition coefficient (Wildman–Crippen LogP) is 2.76. The Morgan fingerprint density at radius 2 is 2.00 bits per heavy atom. The van der Waals surface area contributed by atoms with Gasteiger partial charge >= 0.3 is 5.97 Å². The van der Waals surface area contributed by atoms with Crippen molar-refractivity contribution in [2.75, 3.05) is 27.1 Å². The molecule has 1 aromatic rings. The van der Waals surface area contributed by atoms with Crippen LogP contribution in [-0.2, 0) is 19.0 Å². The molecular weight excluding hydrogens is 294 g/mol. The van der Waals surface area contributed by atoms with Gasteiger partial charge in [0.1, 0.15) is 17.9 Å². The molecule has 128 valence electrons. The molecule has 1 aromatic carbocycles. The van der Waals surface area contributed by atoms with Crippen LogP contribution in [0.15, 0.2) is 30.3 Å². The molecule has 0 amide bonds. The second-order valence-corrected chi connectivity index (χ2v) is 7.10. The van der Waals surface area contributed by atoms with Crippen LogP contribution in [0.5, 0.6) is 0 Å². The van der Waals surface area contributed by atoms with E-state index >= 15 is 0 Å². The summed E-state index contributed by atoms with van der Waals surface area (Å²) >= 11 is 0. The third-order valence-corrected chi connectivity index (χ3v) is 3.97. The SMILES string of the molecule is COC[C@@H](c1ccccc1)N1COC[C@]1(C)C(=O)OC(C)(C)C. The second kappa shape index (κ2) is 6.99. The van der Waals surface area contributed by atoms with Gasteiger partial charge in [-0.3, -0.25) is 4.90 Å². The first kappa shape index (κ1) is 17.9. The number of carbonyl (C=O) groups excluding carboxylic acids is 1. The zero-order chi connectivity index (χ0) is 17.1. The van der Waals surface area contributed by atoms with Crippen LogP contribution in [0.3, 0.4) is 0 Å². The summed E-state index contributed by atoms with van der Waals surface area (Å²) in [6.07, 6.45) is 0. The first-order valence-corrected chi connectivity index (χ1v) is 7.90. The van der Waals surface area contributed by atoms with E-state index in [1.54, 1.807) is 7.11 Å². The Hall–Kier alpha value is -1.43. The standard InChI is InChI=1S/C18H27NO4/c1-17(2,3)23-16(20)18(4)12-22-13-19(18)15(11-21-5)14-9-7-6-8-10-14/h6-10,15H,11-13H2,1-5H3/t15-,18+/m0/s1. The lowest BCUT2D eigenvalue weighted by Crippen LogP contribution is -2.54. The quantitative estimate of drug-likeness (QED) is 0.781. The number of esters is 1. The zero-order valence-corrected chi connectivity index (χ0v) is 14.7. The normalized spacial score (nSPS) is 23.7. The predicted molar refractivity (Wildman–Crippen MR) is 88.0 cm³/mol. The van der Waals surface area contributed by atoms with Crippen molar-refractivity contribution in [3.63, 3.8) is 0 Å². The van der Waals surface area contributed by atoms with Gasteiger partial charge in [0.2, 0.25) is 0 Å². The van der Waals surface area contributed by atoms with Crippen molar-refractivity contribution in [2.24, 2.45) is 0 Å². The topological polar surface area (TPSA) is 48.0 Å². The molecular formula is C18H27NO4. The van der Waals surface area contributed by atoms with E-state index in [-0.39, 0.29) is 12.0 Å². The molecule has 0 N–H and O–H groups in total. The lowest BCUT2D eigenvalue weighted by Gasteiger charge is -2.38. The second-order valence-electron chi connectivity index (χ2n) is 7.10. The average Bonchev–Trinajstić information content (AvgIpc) is 2.87. The van der Waals surface area contributed by atoms with E-state index in [2.05, 4.69) is 0 Å². The molecule has 2 atom stereocenters. The van der Waals surface area contributed by atoms with E-state index in [9.17, 15) is 4.79 Å². The minimum atomic E-state index is -0.827. The van der Waals surface area contributed by atoms with Gasteiger partial charge in [-0.25, -0.2) is 4.79 Å². The molecule has 0 unspecified atom stereocenters. The monoisotopic (exact) mass is 321 g/mol. The number of hydrogen-bond acceptors (Lipinski definition) is 5. The van der Waals surface area contributed by atoms with Gasteiger partial charge in [-0.15, -0.1) is 0 Å². The van der Waals surface area contributed by atoms with Crippen LogP contribution in [0, 0.1) is 0 Å². The molecule has 0 bridgehead atoms. The maximum atomic E-state index is 12.7. The fraction of sp³-hybridized carbons (Fsp3) is 0.611. The molecule has 0 aromatic heterocycles. The molecule has 1 aliphatic heterocycles. The van der Waals surface area contributed by atoms with Gasteiger partial charge in [0.25, 0.3) is 0 Å². The van der Waals surface area contributed by atoms with Gasteiger partial charge in [0.05, 0.1) is 19.3 Å². The molecule has 2 rings (SSSR count). The van der Waals surface area contributed by atoms with Crippen molar-refractivity contribution in [3.05, 3.63) is 35.9 Å². The summed E-state index contributed by atoms with van der Waals surface area (Å²) in [4.78, 5) is 14.8. The molecule has 5 nitrogen and oxygen atoms in total. The molecule has 0 spiro atoms. The van der Waals surface area contributed by atoms with Crippen molar-refractivity contribution in [2.45, 2.75) is 44.9 Å². The molecule has 1 fully saturated rings. The molecule has 0 saturated carbocycles. The Morgan fingerprint density at radius 3 is 2.57 bits per heavy atom. The van der Waals surface area contributed by atoms with Crippen molar-refractivity contribution in [1.29, 1.82) is 0 Å². The smallest absolute Gasteiger partial charge is 0.329 e. The average molecular weight is 321 g/mol. The van der Waals surface area contributed by atoms with Crippen molar-refractivity contribution >= 4 is 5.97 Å². The van der Waals surface area contributed by atoms with Gasteiger partial charge in [-0.1, -0.05) is 30.3 Å². The van der Waals surface area contributed by atoms with Crippen LogP contribution in [-0.4, -0.2) is 49.1 Å². The number of ether oxygens (including phenoxy) is 3. The summed E-state index contributed by atoms with van der Waals surface area (Å²) in [5.74, 6) is -0.264. The maximum Gasteiger partial charge on any atom is 0.329 e. The molecule has 5 heteroatoms. The highest BCUT2D eigenvalue weighted by molar-refractivity contribution is 5.81. The van der Waals surface area contributed by atoms with Crippen LogP contribution >= 0.6 is 0 Å². The van der Waals surface area contributed by atoms with Gasteiger partial charge in [-0.05, 0) is 33.3 Å². The number of rotatable bonds is 5. The molecule has 1 aliphatic rings. The van der Waals surface area contributed by atoms with Crippen molar-refractivity contribution < 1.29 is 19.0 Å². The van der Waals surface area contributed by atoms with Gasteiger partial charge < -0.3 is 14.2 Å². The summed E-state index contributed by atoms with van der Waals surface area (Å²) in [5.41, 5.74) is -0.265. The summed E-state index contributed by atoms with van der Waals surface area (Å²) in [7, 11) is 1.66. The van der Waals surface area contributed by atoms with Crippen LogP contribution in [0.4, 0.5) is 0 Å². The van der Waals surface area contributed by atoms with Crippen LogP contribution in [0.2, 0.25) is 0 Å². The first-order chi connectivity index (χ1) is 10.8. The van der Waals surface area contributed by atoms with Crippen LogP contribution < -0.4 is 0 Å². The first-order valence-electron chi connectivity index (χ1n) is 7.90. The summed E-state index contributed by atoms with van der Waals surface area (Å²) in [6.45, 7) is 8.66. The van der Waals surface area contributed by atoms with Crippen LogP contribution in [0.25, 0.3) is 0 Å². The molecule has 1 heterocycles. The van der Waals surface area contributed by atoms with Gasteiger partial charge in [-0.2, -0.15) is 0 Å². The molecule has 23 heavy (non-hydrogen) atoms. The maximum absolute atomic E-state index is 12.7. The fourth-order valence-corrected chi connectivity index (χ4v) is 2.77. The number of benzene rings is 1. The number of nitrogens with zero attached hydrogens (tertiary/aromatic N) is 1. The Bertz CT molecular complexity index is 526. The van der Waals surface area contributed by atoms with E-state index in [1.807, 2.05) is 62.9 Å². The summed E-state index contributed by atoms with van der Waals surface area (Å²) in [6, 6.07) is 9.95. The van der Waals surface area contributed by atoms with Crippen molar-refractivity contribution in [1.82, 2.24) is 4.90 Å². The molecule has 1 saturated heterocycles. The third kappa shape index (κ3) is 4.10. The fourth-order valence-electron chi connectivity index (χ4n) is 2.77. The number of hydrogen-bond donors (Lipinski definition) is 0. The zero-order valence-electron chi connectivity index (χ0n) is 14.7. The van der Waals surface area contributed by atoms with Crippen molar-refractivity contribution in [3.8, 4) is 0 Å². The Labute approximate surface area is 138 Å². The molecule has 0 aliphatic carbocycles. The largest absolute Gasteiger partial charge is 0.459 e. The Morgan fingerprint density at radius 1 is 1.35 bits per heavy atom. The highest BCUT2D eigenvalue weighted by atomic mass is 16.6. The Balaban J connectivity index is 2.29. The van der Waals surface area contributed by atoms with Crippen LogP contribution in [0.1, 0.15) is 39.3 Å². The van der Waals surface area contributed by atoms with E-state index in [0.717, 1.165) is 5.56 Å². The van der Waals surface area contributed by atoms with E-state index in [0.29, 0.717) is 19.9 Å². The lowest BCUT2D eigenvalue weighted by molar-refractivity contribution is -0.168. The highest BCUT2D eigenvalue weighted by Gasteiger charge is 2.49. The van der Waals surface area contributed by atoms with E-state index < -0.39 is 11.1 Å². The van der Waals surface area contributed by atoms with Gasteiger partial charge in [0, 0.05) is 7.11 Å². The minimum absolute atomic E-state index is 0.0683. The summed E-state index contributed by atoms with van der Waals surface area (Å²) in [5, 5.41) is 0. The summed E-state index contributed by atoms with van der Waals surface area (Å²) < 4.78 is 16.6. The molecule has 0 radical (unpaired) electrons. The number of carbonyl (C=O) groups is 1. The van der Waals surface area contributed by atoms with E-state index in [1.165, 1.54) is 0 Å². The number of methoxy groups -OCH3 is 1. The minimum Gasteiger partial charge on any atom is -0.459 e. The Kier molecular flexibility index (Phi) is 5.45. The third-order valence-electron chi connectivity index (χ3n) is 3.97. The highest BCUT2D eigenvalue weighted by Crippen LogP contribution is 2.34. The van der Waals surface area contributed by atoms with E-state index in [4.69, 9.17) is 14.2 Å². The lowest BCUT2D eigenvalue weighted by atomic mass is 9.96. The van der Waals surface area contributed by atoms with Gasteiger partial charge in [0.15, 0.2) is 0 Å².